The van der Waals surface area contributed by atoms with E-state index >= 15 is 0 Å². The summed E-state index contributed by atoms with van der Waals surface area (Å²) in [7, 11) is -5.69. The van der Waals surface area contributed by atoms with Crippen LogP contribution in [0.25, 0.3) is 0 Å². The van der Waals surface area contributed by atoms with Gasteiger partial charge >= 0.3 is 15.6 Å². The van der Waals surface area contributed by atoms with Gasteiger partial charge in [-0.3, -0.25) is 4.18 Å². The molecule has 0 aromatic heterocycles. The molecule has 1 atom stereocenters. The lowest BCUT2D eigenvalue weighted by molar-refractivity contribution is -0.0569. The highest BCUT2D eigenvalue weighted by Gasteiger charge is 2.48. The van der Waals surface area contributed by atoms with E-state index < -0.39 is 27.5 Å². The molecule has 9 heteroatoms. The van der Waals surface area contributed by atoms with Crippen molar-refractivity contribution in [2.75, 3.05) is 0 Å². The lowest BCUT2D eigenvalue weighted by Crippen LogP contribution is -2.26. The van der Waals surface area contributed by atoms with Gasteiger partial charge in [-0.2, -0.15) is 21.6 Å². The zero-order valence-corrected chi connectivity index (χ0v) is 11.2. The third-order valence-electron chi connectivity index (χ3n) is 1.95. The predicted octanol–water partition coefficient (Wildman–Crippen LogP) is 3.52. The highest BCUT2D eigenvalue weighted by atomic mass is 79.9. The van der Waals surface area contributed by atoms with Crippen LogP contribution in [-0.2, 0) is 14.3 Å². The van der Waals surface area contributed by atoms with E-state index in [0.717, 1.165) is 25.1 Å². The topological polar surface area (TPSA) is 43.4 Å². The lowest BCUT2D eigenvalue weighted by Gasteiger charge is -2.16. The Morgan fingerprint density at radius 2 is 1.89 bits per heavy atom. The molecule has 0 fully saturated rings. The molecule has 0 spiro atoms. The summed E-state index contributed by atoms with van der Waals surface area (Å²) in [6.45, 7) is 1.11. The minimum atomic E-state index is -5.69. The fourth-order valence-corrected chi connectivity index (χ4v) is 2.39. The van der Waals surface area contributed by atoms with E-state index in [1.54, 1.807) is 0 Å². The van der Waals surface area contributed by atoms with Gasteiger partial charge < -0.3 is 0 Å². The molecule has 0 radical (unpaired) electrons. The SMILES string of the molecule is CC(OS(=O)(=O)C(F)(F)F)c1ccc(F)cc1Br. The van der Waals surface area contributed by atoms with E-state index in [-0.39, 0.29) is 10.0 Å². The Bertz CT molecular complexity index is 541. The van der Waals surface area contributed by atoms with Gasteiger partial charge in [0.05, 0.1) is 0 Å². The monoisotopic (exact) mass is 350 g/mol. The maximum Gasteiger partial charge on any atom is 0.523 e. The van der Waals surface area contributed by atoms with Crippen LogP contribution in [0.5, 0.6) is 0 Å². The summed E-state index contributed by atoms with van der Waals surface area (Å²) in [6, 6.07) is 3.12. The average molecular weight is 351 g/mol. The van der Waals surface area contributed by atoms with Crippen molar-refractivity contribution in [2.45, 2.75) is 18.5 Å². The Hall–Kier alpha value is -0.670. The number of alkyl halides is 3. The molecule has 0 amide bonds. The normalized spacial score (nSPS) is 14.6. The smallest absolute Gasteiger partial charge is 0.255 e. The van der Waals surface area contributed by atoms with E-state index in [2.05, 4.69) is 20.1 Å². The van der Waals surface area contributed by atoms with Crippen molar-refractivity contribution in [3.63, 3.8) is 0 Å². The van der Waals surface area contributed by atoms with Gasteiger partial charge in [0.1, 0.15) is 11.9 Å². The summed E-state index contributed by atoms with van der Waals surface area (Å²) in [5.41, 5.74) is -5.41. The molecule has 0 bridgehead atoms. The minimum Gasteiger partial charge on any atom is -0.255 e. The second-order valence-corrected chi connectivity index (χ2v) is 5.72. The van der Waals surface area contributed by atoms with Crippen LogP contribution in [0.2, 0.25) is 0 Å². The van der Waals surface area contributed by atoms with Crippen LogP contribution < -0.4 is 0 Å². The van der Waals surface area contributed by atoms with Crippen molar-refractivity contribution in [3.8, 4) is 0 Å². The predicted molar refractivity (Wildman–Crippen MR) is 58.6 cm³/mol. The van der Waals surface area contributed by atoms with E-state index in [9.17, 15) is 26.0 Å². The standard InChI is InChI=1S/C9H7BrF4O3S/c1-5(17-18(15,16)9(12,13)14)7-3-2-6(11)4-8(7)10/h2-5H,1H3. The Labute approximate surface area is 109 Å². The van der Waals surface area contributed by atoms with Gasteiger partial charge in [-0.05, 0) is 24.6 Å². The molecule has 0 aliphatic rings. The number of hydrogen-bond acceptors (Lipinski definition) is 3. The van der Waals surface area contributed by atoms with Crippen LogP contribution >= 0.6 is 15.9 Å². The van der Waals surface area contributed by atoms with E-state index in [4.69, 9.17) is 0 Å². The molecule has 1 rings (SSSR count). The first-order valence-electron chi connectivity index (χ1n) is 4.49. The van der Waals surface area contributed by atoms with Gasteiger partial charge in [-0.1, -0.05) is 22.0 Å². The summed E-state index contributed by atoms with van der Waals surface area (Å²) >= 11 is 2.91. The van der Waals surface area contributed by atoms with E-state index in [1.807, 2.05) is 0 Å². The van der Waals surface area contributed by atoms with E-state index in [1.165, 1.54) is 0 Å². The highest BCUT2D eigenvalue weighted by molar-refractivity contribution is 9.10. The Kier molecular flexibility index (Phi) is 4.39. The molecule has 102 valence electrons. The maximum absolute atomic E-state index is 12.8. The molecule has 0 heterocycles. The summed E-state index contributed by atoms with van der Waals surface area (Å²) in [5, 5.41) is 0. The number of halogens is 5. The number of benzene rings is 1. The summed E-state index contributed by atoms with van der Waals surface area (Å²) < 4.78 is 74.7. The van der Waals surface area contributed by atoms with Crippen molar-refractivity contribution in [1.29, 1.82) is 0 Å². The summed E-state index contributed by atoms with van der Waals surface area (Å²) in [5.74, 6) is -0.614. The largest absolute Gasteiger partial charge is 0.523 e. The molecular weight excluding hydrogens is 344 g/mol. The second-order valence-electron chi connectivity index (χ2n) is 3.30. The first kappa shape index (κ1) is 15.4. The minimum absolute atomic E-state index is 0.0872. The number of hydrogen-bond donors (Lipinski definition) is 0. The molecule has 0 aliphatic carbocycles. The third-order valence-corrected chi connectivity index (χ3v) is 3.75. The van der Waals surface area contributed by atoms with Crippen molar-refractivity contribution in [1.82, 2.24) is 0 Å². The van der Waals surface area contributed by atoms with E-state index in [0.29, 0.717) is 0 Å². The first-order valence-corrected chi connectivity index (χ1v) is 6.69. The van der Waals surface area contributed by atoms with Crippen LogP contribution in [0.1, 0.15) is 18.6 Å². The Morgan fingerprint density at radius 3 is 2.33 bits per heavy atom. The molecule has 0 saturated carbocycles. The molecule has 0 saturated heterocycles. The van der Waals surface area contributed by atoms with Crippen LogP contribution in [0.3, 0.4) is 0 Å². The quantitative estimate of drug-likeness (QED) is 0.476. The zero-order valence-electron chi connectivity index (χ0n) is 8.83. The second kappa shape index (κ2) is 5.14. The van der Waals surface area contributed by atoms with Crippen LogP contribution in [0.15, 0.2) is 22.7 Å². The van der Waals surface area contributed by atoms with Gasteiger partial charge in [-0.15, -0.1) is 0 Å². The average Bonchev–Trinajstić information content (AvgIpc) is 2.14. The lowest BCUT2D eigenvalue weighted by atomic mass is 10.1. The highest BCUT2D eigenvalue weighted by Crippen LogP contribution is 2.32. The Morgan fingerprint density at radius 1 is 1.33 bits per heavy atom. The van der Waals surface area contributed by atoms with Gasteiger partial charge in [0.2, 0.25) is 0 Å². The van der Waals surface area contributed by atoms with Crippen molar-refractivity contribution < 1.29 is 30.2 Å². The van der Waals surface area contributed by atoms with Crippen LogP contribution in [0, 0.1) is 5.82 Å². The molecule has 0 N–H and O–H groups in total. The molecule has 1 aromatic carbocycles. The molecule has 3 nitrogen and oxygen atoms in total. The van der Waals surface area contributed by atoms with Crippen LogP contribution in [-0.4, -0.2) is 13.9 Å². The maximum atomic E-state index is 12.8. The number of rotatable bonds is 3. The fraction of sp³-hybridized carbons (Fsp3) is 0.333. The third kappa shape index (κ3) is 3.42. The zero-order chi connectivity index (χ0) is 14.1. The molecular formula is C9H7BrF4O3S. The van der Waals surface area contributed by atoms with Crippen molar-refractivity contribution in [2.24, 2.45) is 0 Å². The van der Waals surface area contributed by atoms with Gasteiger partial charge in [0.15, 0.2) is 0 Å². The Balaban J connectivity index is 3.00. The van der Waals surface area contributed by atoms with Crippen molar-refractivity contribution >= 4 is 26.0 Å². The van der Waals surface area contributed by atoms with Gasteiger partial charge in [0, 0.05) is 4.47 Å². The van der Waals surface area contributed by atoms with Crippen molar-refractivity contribution in [3.05, 3.63) is 34.1 Å². The first-order chi connectivity index (χ1) is 8.04. The molecule has 1 aromatic rings. The van der Waals surface area contributed by atoms with Gasteiger partial charge in [-0.25, -0.2) is 4.39 Å². The fourth-order valence-electron chi connectivity index (χ4n) is 1.13. The molecule has 18 heavy (non-hydrogen) atoms. The summed E-state index contributed by atoms with van der Waals surface area (Å²) in [4.78, 5) is 0. The summed E-state index contributed by atoms with van der Waals surface area (Å²) in [6.07, 6.45) is -1.40. The van der Waals surface area contributed by atoms with Crippen LogP contribution in [0.4, 0.5) is 17.6 Å². The molecule has 1 unspecified atom stereocenters. The molecule has 0 aliphatic heterocycles. The van der Waals surface area contributed by atoms with Gasteiger partial charge in [0.25, 0.3) is 0 Å².